The zero-order chi connectivity index (χ0) is 10.2. The first-order valence-corrected chi connectivity index (χ1v) is 4.30. The molecule has 0 heterocycles. The molecule has 15 heavy (non-hydrogen) atoms. The van der Waals surface area contributed by atoms with Gasteiger partial charge in [0.2, 0.25) is 0 Å². The molecular weight excluding hydrogens is 220 g/mol. The van der Waals surface area contributed by atoms with Crippen LogP contribution in [0.3, 0.4) is 0 Å². The Balaban J connectivity index is -0.000000653. The van der Waals surface area contributed by atoms with Crippen LogP contribution in [0.4, 0.5) is 0 Å². The number of carbonyl (C=O) groups is 1. The van der Waals surface area contributed by atoms with Gasteiger partial charge in [-0.25, -0.2) is 4.79 Å². The molecule has 0 fully saturated rings. The Hall–Kier alpha value is -0.510. The van der Waals surface area contributed by atoms with Crippen LogP contribution in [0.1, 0.15) is 2.85 Å². The van der Waals surface area contributed by atoms with E-state index in [1.807, 2.05) is 30.3 Å². The van der Waals surface area contributed by atoms with Gasteiger partial charge in [-0.3, -0.25) is 0 Å². The van der Waals surface area contributed by atoms with Gasteiger partial charge in [0.05, 0.1) is 0 Å². The van der Waals surface area contributed by atoms with Crippen molar-refractivity contribution in [3.8, 4) is 5.75 Å². The van der Waals surface area contributed by atoms with Gasteiger partial charge in [0.25, 0.3) is 0 Å². The van der Waals surface area contributed by atoms with Crippen LogP contribution in [-0.4, -0.2) is 56.9 Å². The number of ether oxygens (including phenoxy) is 2. The van der Waals surface area contributed by atoms with E-state index in [0.717, 1.165) is 11.8 Å². The van der Waals surface area contributed by atoms with Crippen molar-refractivity contribution in [1.29, 1.82) is 0 Å². The monoisotopic (exact) mass is 234 g/mol. The molecule has 0 aliphatic carbocycles. The topological polar surface area (TPSA) is 35.5 Å². The molecule has 0 saturated carbocycles. The van der Waals surface area contributed by atoms with E-state index in [4.69, 9.17) is 9.47 Å². The van der Waals surface area contributed by atoms with Crippen molar-refractivity contribution in [1.82, 2.24) is 0 Å². The van der Waals surface area contributed by atoms with Crippen LogP contribution in [0.2, 0.25) is 0 Å². The molecule has 0 aliphatic heterocycles. The summed E-state index contributed by atoms with van der Waals surface area (Å²) in [5, 5.41) is 0. The van der Waals surface area contributed by atoms with Crippen molar-refractivity contribution in [3.05, 3.63) is 43.0 Å². The first-order chi connectivity index (χ1) is 6.83. The van der Waals surface area contributed by atoms with Crippen LogP contribution in [0.5, 0.6) is 5.75 Å². The second kappa shape index (κ2) is 8.77. The fraction of sp³-hybridized carbons (Fsp3) is 0.182. The van der Waals surface area contributed by atoms with E-state index >= 15 is 0 Å². The number of hydrogen-bond acceptors (Lipinski definition) is 3. The van der Waals surface area contributed by atoms with Crippen LogP contribution in [0.25, 0.3) is 0 Å². The third kappa shape index (κ3) is 6.55. The van der Waals surface area contributed by atoms with Crippen molar-refractivity contribution >= 4 is 43.7 Å². The smallest absolute Gasteiger partial charge is 1.00 e. The van der Waals surface area contributed by atoms with Gasteiger partial charge in [0.1, 0.15) is 19.0 Å². The van der Waals surface area contributed by atoms with Crippen molar-refractivity contribution in [3.63, 3.8) is 0 Å². The maximum atomic E-state index is 10.6. The van der Waals surface area contributed by atoms with Crippen LogP contribution >= 0.6 is 0 Å². The zero-order valence-electron chi connectivity index (χ0n) is 10.5. The van der Waals surface area contributed by atoms with Gasteiger partial charge in [-0.1, -0.05) is 24.8 Å². The minimum Gasteiger partial charge on any atom is -1.00 e. The minimum atomic E-state index is -0.429. The van der Waals surface area contributed by atoms with Gasteiger partial charge in [-0.2, -0.15) is 0 Å². The average molecular weight is 234 g/mol. The summed E-state index contributed by atoms with van der Waals surface area (Å²) in [6.07, 6.45) is 1.13. The maximum Gasteiger partial charge on any atom is 2.00 e. The van der Waals surface area contributed by atoms with Crippen LogP contribution in [-0.2, 0) is 9.53 Å². The third-order valence-corrected chi connectivity index (χ3v) is 1.51. The summed E-state index contributed by atoms with van der Waals surface area (Å²) >= 11 is 0. The van der Waals surface area contributed by atoms with Gasteiger partial charge in [0.15, 0.2) is 0 Å². The molecule has 0 aliphatic rings. The Labute approximate surface area is 122 Å². The van der Waals surface area contributed by atoms with E-state index in [9.17, 15) is 4.79 Å². The Kier molecular flexibility index (Phi) is 8.47. The number of benzene rings is 1. The molecule has 0 saturated heterocycles. The molecule has 1 aromatic carbocycles. The molecular formula is C11H14CaO3. The second-order valence-electron chi connectivity index (χ2n) is 2.53. The number of carbonyl (C=O) groups excluding carboxylic acids is 1. The molecule has 0 aromatic heterocycles. The fourth-order valence-electron chi connectivity index (χ4n) is 0.877. The Morgan fingerprint density at radius 3 is 2.60 bits per heavy atom. The molecule has 1 rings (SSSR count). The first-order valence-electron chi connectivity index (χ1n) is 4.30. The van der Waals surface area contributed by atoms with Crippen LogP contribution in [0.15, 0.2) is 43.0 Å². The van der Waals surface area contributed by atoms with E-state index < -0.39 is 5.97 Å². The Morgan fingerprint density at radius 1 is 1.33 bits per heavy atom. The van der Waals surface area contributed by atoms with Crippen molar-refractivity contribution in [2.24, 2.45) is 0 Å². The van der Waals surface area contributed by atoms with Crippen molar-refractivity contribution in [2.45, 2.75) is 0 Å². The molecule has 1 aromatic rings. The normalized spacial score (nSPS) is 8.53. The molecule has 0 atom stereocenters. The molecule has 0 N–H and O–H groups in total. The summed E-state index contributed by atoms with van der Waals surface area (Å²) in [6.45, 7) is 3.87. The number of para-hydroxylation sites is 1. The summed E-state index contributed by atoms with van der Waals surface area (Å²) in [5.74, 6) is 0.337. The van der Waals surface area contributed by atoms with Gasteiger partial charge >= 0.3 is 43.7 Å². The van der Waals surface area contributed by atoms with Gasteiger partial charge in [-0.05, 0) is 12.1 Å². The molecule has 0 spiro atoms. The van der Waals surface area contributed by atoms with Crippen LogP contribution in [0, 0.1) is 0 Å². The van der Waals surface area contributed by atoms with Gasteiger partial charge < -0.3 is 12.3 Å². The third-order valence-electron chi connectivity index (χ3n) is 1.51. The second-order valence-corrected chi connectivity index (χ2v) is 2.53. The summed E-state index contributed by atoms with van der Waals surface area (Å²) < 4.78 is 10.0. The van der Waals surface area contributed by atoms with E-state index in [0.29, 0.717) is 6.61 Å². The average Bonchev–Trinajstić information content (AvgIpc) is 2.25. The molecule has 3 nitrogen and oxygen atoms in total. The van der Waals surface area contributed by atoms with E-state index in [-0.39, 0.29) is 47.2 Å². The molecule has 0 radical (unpaired) electrons. The fourth-order valence-corrected chi connectivity index (χ4v) is 0.877. The predicted molar refractivity (Wildman–Crippen MR) is 61.1 cm³/mol. The summed E-state index contributed by atoms with van der Waals surface area (Å²) in [5.41, 5.74) is 0. The maximum absolute atomic E-state index is 10.6. The molecule has 4 heteroatoms. The number of hydrogen-bond donors (Lipinski definition) is 0. The zero-order valence-corrected chi connectivity index (χ0v) is 10.7. The van der Waals surface area contributed by atoms with Gasteiger partial charge in [-0.15, -0.1) is 0 Å². The van der Waals surface area contributed by atoms with Gasteiger partial charge in [0, 0.05) is 6.08 Å². The SMILES string of the molecule is C=CC(=O)OCCOc1ccccc1.[Ca+2].[H-].[H-]. The predicted octanol–water partition coefficient (Wildman–Crippen LogP) is 1.64. The molecule has 0 bridgehead atoms. The van der Waals surface area contributed by atoms with Crippen molar-refractivity contribution < 1.29 is 17.1 Å². The summed E-state index contributed by atoms with van der Waals surface area (Å²) in [6, 6.07) is 9.35. The van der Waals surface area contributed by atoms with E-state index in [2.05, 4.69) is 6.58 Å². The summed E-state index contributed by atoms with van der Waals surface area (Å²) in [7, 11) is 0. The number of esters is 1. The molecule has 0 unspecified atom stereocenters. The van der Waals surface area contributed by atoms with Crippen molar-refractivity contribution in [2.75, 3.05) is 13.2 Å². The largest absolute Gasteiger partial charge is 2.00 e. The van der Waals surface area contributed by atoms with Crippen LogP contribution < -0.4 is 4.74 Å². The molecule has 0 amide bonds. The Bertz CT molecular complexity index is 307. The number of rotatable bonds is 5. The molecule has 78 valence electrons. The summed E-state index contributed by atoms with van der Waals surface area (Å²) in [4.78, 5) is 10.6. The minimum absolute atomic E-state index is 0. The standard InChI is InChI=1S/C11H12O3.Ca.2H/c1-2-11(12)14-9-8-13-10-6-4-3-5-7-10;;;/h2-7H,1,8-9H2;;;/q;+2;2*-1. The quantitative estimate of drug-likeness (QED) is 0.336. The first kappa shape index (κ1) is 14.5. The van der Waals surface area contributed by atoms with E-state index in [1.165, 1.54) is 0 Å². The van der Waals surface area contributed by atoms with E-state index in [1.54, 1.807) is 0 Å². The Morgan fingerprint density at radius 2 is 2.00 bits per heavy atom.